The van der Waals surface area contributed by atoms with Crippen molar-refractivity contribution in [3.05, 3.63) is 0 Å². The van der Waals surface area contributed by atoms with Crippen LogP contribution in [-0.4, -0.2) is 25.5 Å². The normalized spacial score (nSPS) is 32.4. The summed E-state index contributed by atoms with van der Waals surface area (Å²) in [5.41, 5.74) is 0. The van der Waals surface area contributed by atoms with E-state index in [4.69, 9.17) is 9.05 Å². The molecule has 0 saturated carbocycles. The minimum atomic E-state index is -3.16. The monoisotopic (exact) mass is 220 g/mol. The summed E-state index contributed by atoms with van der Waals surface area (Å²) in [5.74, 6) is 0. The van der Waals surface area contributed by atoms with Gasteiger partial charge in [-0.15, -0.1) is 0 Å². The smallest absolute Gasteiger partial charge is 0.310 e. The molecule has 1 aliphatic heterocycles. The molecule has 0 saturated heterocycles. The van der Waals surface area contributed by atoms with Gasteiger partial charge in [0.2, 0.25) is 0 Å². The highest BCUT2D eigenvalue weighted by atomic mass is 31.2. The molecule has 0 aromatic carbocycles. The topological polar surface area (TPSA) is 60.2 Å². The number of hydrogen-bond donors (Lipinski definition) is 0. The predicted molar refractivity (Wildman–Crippen MR) is 53.6 cm³/mol. The lowest BCUT2D eigenvalue weighted by molar-refractivity contribution is 0.241. The van der Waals surface area contributed by atoms with E-state index in [0.29, 0.717) is 12.8 Å². The maximum Gasteiger partial charge on any atom is 0.359 e. The van der Waals surface area contributed by atoms with Gasteiger partial charge in [0.1, 0.15) is 0 Å². The molecule has 0 N–H and O–H groups in total. The van der Waals surface area contributed by atoms with Gasteiger partial charge < -0.3 is 9.05 Å². The standard InChI is InChI=1S/C8H17N2O3P/c1-5-8(6-7(2)9-10-8)14(11,12-3)13-4/h7H,5-6H2,1-4H3/t7-,8-/m0/s1. The minimum Gasteiger partial charge on any atom is -0.310 e. The first-order chi connectivity index (χ1) is 6.53. The Morgan fingerprint density at radius 3 is 2.36 bits per heavy atom. The quantitative estimate of drug-likeness (QED) is 0.684. The summed E-state index contributed by atoms with van der Waals surface area (Å²) in [6.45, 7) is 3.86. The van der Waals surface area contributed by atoms with Crippen molar-refractivity contribution in [3.63, 3.8) is 0 Å². The Balaban J connectivity index is 3.02. The molecule has 2 atom stereocenters. The summed E-state index contributed by atoms with van der Waals surface area (Å²) in [6.07, 6.45) is 1.24. The van der Waals surface area contributed by atoms with Crippen molar-refractivity contribution in [3.8, 4) is 0 Å². The van der Waals surface area contributed by atoms with Crippen LogP contribution in [0.5, 0.6) is 0 Å². The van der Waals surface area contributed by atoms with Gasteiger partial charge in [0.15, 0.2) is 5.28 Å². The Bertz CT molecular complexity index is 274. The second-order valence-corrected chi connectivity index (χ2v) is 6.02. The lowest BCUT2D eigenvalue weighted by Gasteiger charge is -2.29. The van der Waals surface area contributed by atoms with Gasteiger partial charge in [-0.05, 0) is 13.3 Å². The Morgan fingerprint density at radius 2 is 2.07 bits per heavy atom. The van der Waals surface area contributed by atoms with Crippen molar-refractivity contribution in [2.24, 2.45) is 10.2 Å². The van der Waals surface area contributed by atoms with Crippen LogP contribution >= 0.6 is 7.60 Å². The summed E-state index contributed by atoms with van der Waals surface area (Å²) < 4.78 is 22.2. The van der Waals surface area contributed by atoms with Gasteiger partial charge >= 0.3 is 7.60 Å². The lowest BCUT2D eigenvalue weighted by Crippen LogP contribution is -2.26. The molecule has 0 aliphatic carbocycles. The maximum atomic E-state index is 12.3. The maximum absolute atomic E-state index is 12.3. The van der Waals surface area contributed by atoms with Crippen LogP contribution in [0.2, 0.25) is 0 Å². The minimum absolute atomic E-state index is 0.0913. The molecule has 0 fully saturated rings. The summed E-state index contributed by atoms with van der Waals surface area (Å²) >= 11 is 0. The van der Waals surface area contributed by atoms with Gasteiger partial charge in [0.05, 0.1) is 6.04 Å². The molecular weight excluding hydrogens is 203 g/mol. The van der Waals surface area contributed by atoms with Crippen molar-refractivity contribution in [1.82, 2.24) is 0 Å². The Labute approximate surface area is 84.4 Å². The van der Waals surface area contributed by atoms with E-state index in [9.17, 15) is 4.57 Å². The SMILES string of the molecule is CC[C@]1(P(=O)(OC)OC)C[C@H](C)N=N1. The third kappa shape index (κ3) is 1.64. The number of azo groups is 1. The van der Waals surface area contributed by atoms with Crippen LogP contribution in [0.4, 0.5) is 0 Å². The number of rotatable bonds is 4. The van der Waals surface area contributed by atoms with Crippen molar-refractivity contribution in [1.29, 1.82) is 0 Å². The highest BCUT2D eigenvalue weighted by Crippen LogP contribution is 2.64. The molecule has 14 heavy (non-hydrogen) atoms. The number of nitrogens with zero attached hydrogens (tertiary/aromatic N) is 2. The zero-order valence-electron chi connectivity index (χ0n) is 9.06. The molecule has 0 radical (unpaired) electrons. The van der Waals surface area contributed by atoms with E-state index in [1.807, 2.05) is 13.8 Å². The zero-order chi connectivity index (χ0) is 10.8. The number of hydrogen-bond acceptors (Lipinski definition) is 5. The third-order valence-electron chi connectivity index (χ3n) is 2.62. The average Bonchev–Trinajstić information content (AvgIpc) is 2.60. The fourth-order valence-electron chi connectivity index (χ4n) is 1.75. The zero-order valence-corrected chi connectivity index (χ0v) is 9.95. The molecule has 0 amide bonds. The van der Waals surface area contributed by atoms with Crippen molar-refractivity contribution >= 4 is 7.60 Å². The third-order valence-corrected chi connectivity index (χ3v) is 5.19. The summed E-state index contributed by atoms with van der Waals surface area (Å²) in [4.78, 5) is 0. The van der Waals surface area contributed by atoms with E-state index < -0.39 is 12.9 Å². The molecule has 5 nitrogen and oxygen atoms in total. The van der Waals surface area contributed by atoms with Gasteiger partial charge in [-0.1, -0.05) is 6.92 Å². The summed E-state index contributed by atoms with van der Waals surface area (Å²) in [6, 6.07) is 0.0913. The van der Waals surface area contributed by atoms with E-state index >= 15 is 0 Å². The molecule has 0 bridgehead atoms. The first-order valence-electron chi connectivity index (χ1n) is 4.67. The largest absolute Gasteiger partial charge is 0.359 e. The Morgan fingerprint density at radius 1 is 1.50 bits per heavy atom. The molecule has 1 rings (SSSR count). The Kier molecular flexibility index (Phi) is 3.45. The average molecular weight is 220 g/mol. The van der Waals surface area contributed by atoms with Crippen molar-refractivity contribution in [2.75, 3.05) is 14.2 Å². The van der Waals surface area contributed by atoms with Crippen LogP contribution < -0.4 is 0 Å². The molecule has 1 heterocycles. The predicted octanol–water partition coefficient (Wildman–Crippen LogP) is 2.82. The van der Waals surface area contributed by atoms with E-state index in [1.54, 1.807) is 0 Å². The van der Waals surface area contributed by atoms with Gasteiger partial charge in [-0.2, -0.15) is 10.2 Å². The molecule has 82 valence electrons. The van der Waals surface area contributed by atoms with Gasteiger partial charge in [-0.25, -0.2) is 0 Å². The highest BCUT2D eigenvalue weighted by Gasteiger charge is 2.52. The molecule has 6 heteroatoms. The second-order valence-electron chi connectivity index (χ2n) is 3.47. The second kappa shape index (κ2) is 4.09. The van der Waals surface area contributed by atoms with Crippen LogP contribution in [0, 0.1) is 0 Å². The molecule has 1 aliphatic rings. The van der Waals surface area contributed by atoms with Crippen molar-refractivity contribution in [2.45, 2.75) is 38.0 Å². The molecule has 0 unspecified atom stereocenters. The van der Waals surface area contributed by atoms with Crippen LogP contribution in [0.1, 0.15) is 26.7 Å². The van der Waals surface area contributed by atoms with Gasteiger partial charge in [0.25, 0.3) is 0 Å². The first-order valence-corrected chi connectivity index (χ1v) is 6.21. The summed E-state index contributed by atoms with van der Waals surface area (Å²) in [7, 11) is -0.379. The van der Waals surface area contributed by atoms with E-state index in [-0.39, 0.29) is 6.04 Å². The summed E-state index contributed by atoms with van der Waals surface area (Å²) in [5, 5.41) is 7.34. The molecular formula is C8H17N2O3P. The van der Waals surface area contributed by atoms with Crippen LogP contribution in [0.25, 0.3) is 0 Å². The lowest BCUT2D eigenvalue weighted by atomic mass is 10.1. The molecule has 0 aromatic rings. The van der Waals surface area contributed by atoms with Gasteiger partial charge in [0, 0.05) is 20.6 Å². The van der Waals surface area contributed by atoms with Crippen molar-refractivity contribution < 1.29 is 13.6 Å². The Hall–Kier alpha value is -0.250. The van der Waals surface area contributed by atoms with Crippen LogP contribution in [0.3, 0.4) is 0 Å². The van der Waals surface area contributed by atoms with Crippen LogP contribution in [-0.2, 0) is 13.6 Å². The molecule has 0 spiro atoms. The molecule has 0 aromatic heterocycles. The first kappa shape index (κ1) is 11.8. The van der Waals surface area contributed by atoms with E-state index in [0.717, 1.165) is 0 Å². The van der Waals surface area contributed by atoms with E-state index in [2.05, 4.69) is 10.2 Å². The van der Waals surface area contributed by atoms with Gasteiger partial charge in [-0.3, -0.25) is 4.57 Å². The van der Waals surface area contributed by atoms with Crippen LogP contribution in [0.15, 0.2) is 10.2 Å². The highest BCUT2D eigenvalue weighted by molar-refractivity contribution is 7.55. The van der Waals surface area contributed by atoms with E-state index in [1.165, 1.54) is 14.2 Å². The fraction of sp³-hybridized carbons (Fsp3) is 1.00. The fourth-order valence-corrected chi connectivity index (χ4v) is 3.62.